The predicted molar refractivity (Wildman–Crippen MR) is 226 cm³/mol. The molecule has 0 saturated carbocycles. The van der Waals surface area contributed by atoms with E-state index in [2.05, 4.69) is 22.2 Å². The lowest BCUT2D eigenvalue weighted by Crippen LogP contribution is -2.53. The number of nitrogens with zero attached hydrogens (tertiary/aromatic N) is 5. The minimum absolute atomic E-state index is 0.0264. The van der Waals surface area contributed by atoms with Gasteiger partial charge in [0.05, 0.1) is 36.5 Å². The molecule has 15 nitrogen and oxygen atoms in total. The monoisotopic (exact) mass is 847 g/mol. The van der Waals surface area contributed by atoms with Gasteiger partial charge in [-0.3, -0.25) is 19.3 Å². The van der Waals surface area contributed by atoms with E-state index in [1.54, 1.807) is 46.0 Å². The van der Waals surface area contributed by atoms with Gasteiger partial charge < -0.3 is 29.2 Å². The molecule has 6 atom stereocenters. The zero-order chi connectivity index (χ0) is 43.7. The van der Waals surface area contributed by atoms with Gasteiger partial charge >= 0.3 is 18.0 Å². The lowest BCUT2D eigenvalue weighted by molar-refractivity contribution is -0.179. The number of carboxylic acids is 1. The van der Waals surface area contributed by atoms with Crippen LogP contribution in [-0.4, -0.2) is 93.6 Å². The van der Waals surface area contributed by atoms with Gasteiger partial charge in [-0.2, -0.15) is 0 Å². The van der Waals surface area contributed by atoms with Gasteiger partial charge in [0.15, 0.2) is 0 Å². The maximum absolute atomic E-state index is 16.0. The van der Waals surface area contributed by atoms with Crippen molar-refractivity contribution in [3.05, 3.63) is 155 Å². The summed E-state index contributed by atoms with van der Waals surface area (Å²) in [6.07, 6.45) is -2.04. The van der Waals surface area contributed by atoms with Crippen molar-refractivity contribution in [2.75, 3.05) is 38.4 Å². The van der Waals surface area contributed by atoms with E-state index in [1.165, 1.54) is 13.2 Å². The molecule has 2 saturated heterocycles. The number of cyclic esters (lactones) is 1. The number of amides is 2. The zero-order valence-corrected chi connectivity index (χ0v) is 33.9. The Balaban J connectivity index is 1.31. The largest absolute Gasteiger partial charge is 0.491 e. The summed E-state index contributed by atoms with van der Waals surface area (Å²) in [5.74, 6) is 1.38. The number of anilines is 1. The third kappa shape index (κ3) is 6.94. The number of carbonyl (C=O) groups excluding carboxylic acids is 3. The minimum Gasteiger partial charge on any atom is -0.491 e. The maximum Gasteiger partial charge on any atom is 0.421 e. The van der Waals surface area contributed by atoms with Gasteiger partial charge in [0.1, 0.15) is 54.5 Å². The number of aliphatic hydroxyl groups excluding tert-OH is 1. The molecule has 2 N–H and O–H groups in total. The van der Waals surface area contributed by atoms with E-state index in [-0.39, 0.29) is 50.0 Å². The van der Waals surface area contributed by atoms with Crippen molar-refractivity contribution < 1.29 is 48.3 Å². The Bertz CT molecular complexity index is 2770. The number of aromatic nitrogens is 3. The molecule has 6 aromatic rings. The van der Waals surface area contributed by atoms with Crippen LogP contribution in [0.2, 0.25) is 0 Å². The number of aliphatic carboxylic acids is 1. The normalized spacial score (nSPS) is 22.6. The number of para-hydroxylation sites is 2. The van der Waals surface area contributed by atoms with Crippen LogP contribution >= 0.6 is 0 Å². The van der Waals surface area contributed by atoms with Gasteiger partial charge in [-0.25, -0.2) is 14.4 Å². The van der Waals surface area contributed by atoms with Crippen LogP contribution in [-0.2, 0) is 40.6 Å². The first kappa shape index (κ1) is 41.0. The van der Waals surface area contributed by atoms with Crippen molar-refractivity contribution in [2.45, 2.75) is 36.2 Å². The Morgan fingerprint density at radius 2 is 1.56 bits per heavy atom. The molecular weight excluding hydrogens is 807 g/mol. The number of methoxy groups -OCH3 is 1. The quantitative estimate of drug-likeness (QED) is 0.0964. The molecule has 5 aromatic carbocycles. The molecule has 0 aliphatic carbocycles. The second-order valence-corrected chi connectivity index (χ2v) is 15.2. The van der Waals surface area contributed by atoms with E-state index >= 15 is 4.79 Å². The molecule has 0 radical (unpaired) electrons. The lowest BCUT2D eigenvalue weighted by Gasteiger charge is -2.46. The van der Waals surface area contributed by atoms with Crippen molar-refractivity contribution >= 4 is 40.7 Å². The van der Waals surface area contributed by atoms with Gasteiger partial charge in [0.2, 0.25) is 5.91 Å². The van der Waals surface area contributed by atoms with E-state index in [0.29, 0.717) is 27.8 Å². The van der Waals surface area contributed by atoms with Gasteiger partial charge in [-0.15, -0.1) is 5.10 Å². The summed E-state index contributed by atoms with van der Waals surface area (Å²) >= 11 is 0. The highest BCUT2D eigenvalue weighted by molar-refractivity contribution is 6.23. The molecule has 15 heteroatoms. The third-order valence-corrected chi connectivity index (χ3v) is 11.9. The molecule has 1 aromatic heterocycles. The standard InChI is InChI=1S/C48H41N5O10/c1-60-27-28-62-47(59)52-36-23-22-30(13-12-24-51-37-20-10-9-19-35(37)49-50-51)29-34(36)48(46(52)58)39(44(55)56)41-45(57)63-42(32-16-6-3-7-17-32)40(31-14-4-2-5-15-31)53(41)43(48)33-18-8-11-21-38(33)61-26-25-54/h2-11,14-23,29,39-43,54H,24-28H2,1H3,(H,55,56). The number of fused-ring (bicyclic) bond motifs is 4. The summed E-state index contributed by atoms with van der Waals surface area (Å²) < 4.78 is 24.8. The third-order valence-electron chi connectivity index (χ3n) is 11.9. The van der Waals surface area contributed by atoms with Crippen molar-refractivity contribution in [2.24, 2.45) is 5.92 Å². The average Bonchev–Trinajstić information content (AvgIpc) is 3.95. The van der Waals surface area contributed by atoms with Crippen LogP contribution in [0.1, 0.15) is 46.0 Å². The van der Waals surface area contributed by atoms with Gasteiger partial charge in [0.25, 0.3) is 0 Å². The Morgan fingerprint density at radius 1 is 0.841 bits per heavy atom. The first-order valence-corrected chi connectivity index (χ1v) is 20.3. The highest BCUT2D eigenvalue weighted by atomic mass is 16.6. The number of imide groups is 1. The Kier molecular flexibility index (Phi) is 11.2. The van der Waals surface area contributed by atoms with Crippen molar-refractivity contribution in [3.8, 4) is 17.6 Å². The van der Waals surface area contributed by atoms with Crippen molar-refractivity contribution in [1.29, 1.82) is 0 Å². The van der Waals surface area contributed by atoms with Crippen molar-refractivity contribution in [3.63, 3.8) is 0 Å². The number of carbonyl (C=O) groups is 4. The Labute approximate surface area is 361 Å². The van der Waals surface area contributed by atoms with Crippen LogP contribution in [0, 0.1) is 17.8 Å². The lowest BCUT2D eigenvalue weighted by atomic mass is 9.65. The number of aliphatic hydroxyl groups is 1. The summed E-state index contributed by atoms with van der Waals surface area (Å²) in [4.78, 5) is 62.0. The number of carboxylic acid groups (broad SMARTS) is 1. The van der Waals surface area contributed by atoms with Crippen LogP contribution in [0.25, 0.3) is 11.0 Å². The maximum atomic E-state index is 16.0. The molecule has 4 heterocycles. The Hall–Kier alpha value is -7.38. The van der Waals surface area contributed by atoms with Crippen LogP contribution in [0.3, 0.4) is 0 Å². The highest BCUT2D eigenvalue weighted by Crippen LogP contribution is 2.66. The SMILES string of the molecule is COCCOC(=O)N1C(=O)C2(c3cc(C#CCn4nnc5ccccc54)ccc31)C(C(=O)O)C1C(=O)OC(c3ccccc3)C(c3ccccc3)N1C2c1ccccc1OCCO. The van der Waals surface area contributed by atoms with Gasteiger partial charge in [-0.05, 0) is 53.1 Å². The molecule has 63 heavy (non-hydrogen) atoms. The molecule has 0 bridgehead atoms. The number of benzene rings is 5. The fourth-order valence-electron chi connectivity index (χ4n) is 9.44. The molecule has 9 rings (SSSR count). The van der Waals surface area contributed by atoms with Crippen LogP contribution < -0.4 is 9.64 Å². The van der Waals surface area contributed by atoms with E-state index in [9.17, 15) is 24.6 Å². The summed E-state index contributed by atoms with van der Waals surface area (Å²) in [5.41, 5.74) is 1.47. The number of hydrogen-bond donors (Lipinski definition) is 2. The predicted octanol–water partition coefficient (Wildman–Crippen LogP) is 5.39. The molecule has 3 aliphatic heterocycles. The van der Waals surface area contributed by atoms with Gasteiger partial charge in [0, 0.05) is 18.2 Å². The van der Waals surface area contributed by atoms with Crippen LogP contribution in [0.5, 0.6) is 5.75 Å². The summed E-state index contributed by atoms with van der Waals surface area (Å²) in [7, 11) is 1.44. The van der Waals surface area contributed by atoms with Crippen LogP contribution in [0.15, 0.2) is 127 Å². The highest BCUT2D eigenvalue weighted by Gasteiger charge is 2.76. The Morgan fingerprint density at radius 3 is 2.30 bits per heavy atom. The van der Waals surface area contributed by atoms with E-state index in [1.807, 2.05) is 84.9 Å². The summed E-state index contributed by atoms with van der Waals surface area (Å²) in [5, 5.41) is 30.0. The number of ether oxygens (including phenoxy) is 4. The molecule has 2 amide bonds. The zero-order valence-electron chi connectivity index (χ0n) is 33.9. The average molecular weight is 848 g/mol. The second kappa shape index (κ2) is 17.2. The van der Waals surface area contributed by atoms with Crippen molar-refractivity contribution in [1.82, 2.24) is 19.9 Å². The number of rotatable bonds is 11. The summed E-state index contributed by atoms with van der Waals surface area (Å²) in [6, 6.07) is 33.6. The molecule has 6 unspecified atom stereocenters. The number of esters is 1. The fourth-order valence-corrected chi connectivity index (χ4v) is 9.44. The molecule has 2 fully saturated rings. The molecule has 1 spiro atoms. The van der Waals surface area contributed by atoms with Crippen LogP contribution in [0.4, 0.5) is 10.5 Å². The minimum atomic E-state index is -2.23. The first-order chi connectivity index (χ1) is 30.8. The van der Waals surface area contributed by atoms with Gasteiger partial charge in [-0.1, -0.05) is 108 Å². The fraction of sp³-hybridized carbons (Fsp3) is 0.250. The number of morpholine rings is 1. The van der Waals surface area contributed by atoms with E-state index < -0.39 is 59.5 Å². The molecular formula is C48H41N5O10. The van der Waals surface area contributed by atoms with E-state index in [0.717, 1.165) is 10.4 Å². The van der Waals surface area contributed by atoms with E-state index in [4.69, 9.17) is 18.9 Å². The molecule has 318 valence electrons. The smallest absolute Gasteiger partial charge is 0.421 e. The topological polar surface area (TPSA) is 183 Å². The second-order valence-electron chi connectivity index (χ2n) is 15.2. The molecule has 3 aliphatic rings. The first-order valence-electron chi connectivity index (χ1n) is 20.3. The summed E-state index contributed by atoms with van der Waals surface area (Å²) in [6.45, 7) is -0.516. The number of hydrogen-bond acceptors (Lipinski definition) is 12.